The molecule has 1 aromatic heterocycles. The van der Waals surface area contributed by atoms with Crippen molar-refractivity contribution in [2.24, 2.45) is 0 Å². The van der Waals surface area contributed by atoms with Gasteiger partial charge in [0.1, 0.15) is 11.5 Å². The van der Waals surface area contributed by atoms with Gasteiger partial charge in [-0.3, -0.25) is 9.59 Å². The lowest BCUT2D eigenvalue weighted by Crippen LogP contribution is -2.27. The first kappa shape index (κ1) is 18.1. The number of thiophene rings is 1. The van der Waals surface area contributed by atoms with Crippen molar-refractivity contribution in [3.8, 4) is 11.5 Å². The van der Waals surface area contributed by atoms with Crippen molar-refractivity contribution in [1.82, 2.24) is 5.32 Å². The van der Waals surface area contributed by atoms with Crippen LogP contribution in [-0.4, -0.2) is 32.6 Å². The third-order valence-corrected chi connectivity index (χ3v) is 4.29. The van der Waals surface area contributed by atoms with Gasteiger partial charge < -0.3 is 20.1 Å². The number of halogens is 1. The second-order valence-corrected chi connectivity index (χ2v) is 6.07. The summed E-state index contributed by atoms with van der Waals surface area (Å²) < 4.78 is 10.3. The van der Waals surface area contributed by atoms with Gasteiger partial charge in [0.25, 0.3) is 5.91 Å². The first-order valence-electron chi connectivity index (χ1n) is 7.08. The zero-order valence-corrected chi connectivity index (χ0v) is 14.8. The molecule has 6 nitrogen and oxygen atoms in total. The van der Waals surface area contributed by atoms with E-state index in [0.717, 1.165) is 0 Å². The third-order valence-electron chi connectivity index (χ3n) is 3.13. The summed E-state index contributed by atoms with van der Waals surface area (Å²) in [6, 6.07) is 6.67. The number of anilines is 1. The molecule has 8 heteroatoms. The van der Waals surface area contributed by atoms with Crippen molar-refractivity contribution in [3.05, 3.63) is 39.5 Å². The molecular weight excluding hydrogens is 352 g/mol. The smallest absolute Gasteiger partial charge is 0.261 e. The van der Waals surface area contributed by atoms with Crippen LogP contribution in [0.4, 0.5) is 5.69 Å². The summed E-state index contributed by atoms with van der Waals surface area (Å²) in [7, 11) is 2.98. The lowest BCUT2D eigenvalue weighted by atomic mass is 10.2. The minimum Gasteiger partial charge on any atom is -0.495 e. The van der Waals surface area contributed by atoms with Crippen LogP contribution in [-0.2, 0) is 4.79 Å². The molecule has 0 aliphatic carbocycles. The number of nitrogens with one attached hydrogen (secondary N) is 2. The number of carbonyl (C=O) groups is 2. The van der Waals surface area contributed by atoms with E-state index in [1.807, 2.05) is 5.38 Å². The summed E-state index contributed by atoms with van der Waals surface area (Å²) >= 11 is 7.40. The average Bonchev–Trinajstić information content (AvgIpc) is 3.09. The van der Waals surface area contributed by atoms with Crippen LogP contribution in [0.25, 0.3) is 0 Å². The van der Waals surface area contributed by atoms with Crippen LogP contribution in [0.15, 0.2) is 29.6 Å². The molecule has 128 valence electrons. The fourth-order valence-electron chi connectivity index (χ4n) is 1.95. The Hall–Kier alpha value is -2.25. The van der Waals surface area contributed by atoms with E-state index in [2.05, 4.69) is 10.6 Å². The molecule has 2 N–H and O–H groups in total. The van der Waals surface area contributed by atoms with Crippen LogP contribution < -0.4 is 20.1 Å². The van der Waals surface area contributed by atoms with E-state index >= 15 is 0 Å². The van der Waals surface area contributed by atoms with Crippen molar-refractivity contribution in [2.75, 3.05) is 26.1 Å². The molecule has 0 spiro atoms. The second kappa shape index (κ2) is 8.56. The molecular formula is C16H17ClN2O4S. The Kier molecular flexibility index (Phi) is 6.45. The summed E-state index contributed by atoms with van der Waals surface area (Å²) in [6.45, 7) is 0.231. The van der Waals surface area contributed by atoms with Gasteiger partial charge in [0.15, 0.2) is 0 Å². The molecule has 0 radical (unpaired) electrons. The lowest BCUT2D eigenvalue weighted by Gasteiger charge is -2.13. The fourth-order valence-corrected chi connectivity index (χ4v) is 2.84. The van der Waals surface area contributed by atoms with Crippen LogP contribution in [0.3, 0.4) is 0 Å². The Labute approximate surface area is 148 Å². The van der Waals surface area contributed by atoms with Gasteiger partial charge in [0, 0.05) is 19.0 Å². The Morgan fingerprint density at radius 3 is 2.58 bits per heavy atom. The standard InChI is InChI=1S/C16H17ClN2O4S/c1-22-12-9-13(23-2)11(8-10(12)17)19-15(20)5-6-18-16(21)14-4-3-7-24-14/h3-4,7-9H,5-6H2,1-2H3,(H,18,21)(H,19,20). The maximum absolute atomic E-state index is 12.0. The van der Waals surface area contributed by atoms with Gasteiger partial charge in [-0.1, -0.05) is 17.7 Å². The molecule has 24 heavy (non-hydrogen) atoms. The molecule has 0 bridgehead atoms. The van der Waals surface area contributed by atoms with Crippen molar-refractivity contribution in [1.29, 1.82) is 0 Å². The van der Waals surface area contributed by atoms with Gasteiger partial charge in [0.05, 0.1) is 29.8 Å². The molecule has 2 rings (SSSR count). The fraction of sp³-hybridized carbons (Fsp3) is 0.250. The molecule has 0 atom stereocenters. The van der Waals surface area contributed by atoms with Crippen molar-refractivity contribution < 1.29 is 19.1 Å². The molecule has 0 fully saturated rings. The molecule has 0 aliphatic rings. The van der Waals surface area contributed by atoms with Crippen molar-refractivity contribution in [2.45, 2.75) is 6.42 Å². The lowest BCUT2D eigenvalue weighted by molar-refractivity contribution is -0.116. The van der Waals surface area contributed by atoms with E-state index in [9.17, 15) is 9.59 Å². The molecule has 1 aromatic carbocycles. The van der Waals surface area contributed by atoms with Gasteiger partial charge in [-0.15, -0.1) is 11.3 Å². The zero-order valence-electron chi connectivity index (χ0n) is 13.2. The Morgan fingerprint density at radius 2 is 1.96 bits per heavy atom. The Bertz CT molecular complexity index is 719. The second-order valence-electron chi connectivity index (χ2n) is 4.72. The van der Waals surface area contributed by atoms with Gasteiger partial charge in [-0.25, -0.2) is 0 Å². The first-order valence-corrected chi connectivity index (χ1v) is 8.34. The van der Waals surface area contributed by atoms with Crippen molar-refractivity contribution >= 4 is 40.4 Å². The summed E-state index contributed by atoms with van der Waals surface area (Å²) in [6.07, 6.45) is 0.129. The number of amides is 2. The summed E-state index contributed by atoms with van der Waals surface area (Å²) in [4.78, 5) is 24.4. The molecule has 2 aromatic rings. The predicted octanol–water partition coefficient (Wildman–Crippen LogP) is 3.18. The first-order chi connectivity index (χ1) is 11.5. The quantitative estimate of drug-likeness (QED) is 0.787. The maximum atomic E-state index is 12.0. The SMILES string of the molecule is COc1cc(OC)c(NC(=O)CCNC(=O)c2cccs2)cc1Cl. The summed E-state index contributed by atoms with van der Waals surface area (Å²) in [5, 5.41) is 7.58. The van der Waals surface area contributed by atoms with Crippen LogP contribution >= 0.6 is 22.9 Å². The monoisotopic (exact) mass is 368 g/mol. The normalized spacial score (nSPS) is 10.1. The van der Waals surface area contributed by atoms with Gasteiger partial charge in [0.2, 0.25) is 5.91 Å². The van der Waals surface area contributed by atoms with E-state index < -0.39 is 0 Å². The number of hydrogen-bond acceptors (Lipinski definition) is 5. The van der Waals surface area contributed by atoms with Gasteiger partial charge in [-0.05, 0) is 17.5 Å². The molecule has 1 heterocycles. The third kappa shape index (κ3) is 4.62. The highest BCUT2D eigenvalue weighted by molar-refractivity contribution is 7.12. The minimum atomic E-state index is -0.263. The summed E-state index contributed by atoms with van der Waals surface area (Å²) in [5.41, 5.74) is 0.442. The van der Waals surface area contributed by atoms with Crippen LogP contribution in [0.1, 0.15) is 16.1 Å². The van der Waals surface area contributed by atoms with E-state index in [-0.39, 0.29) is 24.8 Å². The van der Waals surface area contributed by atoms with E-state index in [1.54, 1.807) is 24.3 Å². The maximum Gasteiger partial charge on any atom is 0.261 e. The van der Waals surface area contributed by atoms with E-state index in [0.29, 0.717) is 27.1 Å². The molecule has 0 saturated carbocycles. The largest absolute Gasteiger partial charge is 0.495 e. The zero-order chi connectivity index (χ0) is 17.5. The average molecular weight is 369 g/mol. The highest BCUT2D eigenvalue weighted by Gasteiger charge is 2.13. The number of carbonyl (C=O) groups excluding carboxylic acids is 2. The number of benzene rings is 1. The highest BCUT2D eigenvalue weighted by atomic mass is 35.5. The van der Waals surface area contributed by atoms with Crippen LogP contribution in [0, 0.1) is 0 Å². The molecule has 0 aliphatic heterocycles. The van der Waals surface area contributed by atoms with Gasteiger partial charge in [-0.2, -0.15) is 0 Å². The number of hydrogen-bond donors (Lipinski definition) is 2. The Morgan fingerprint density at radius 1 is 1.21 bits per heavy atom. The molecule has 0 unspecified atom stereocenters. The Balaban J connectivity index is 1.90. The molecule has 2 amide bonds. The van der Waals surface area contributed by atoms with Gasteiger partial charge >= 0.3 is 0 Å². The number of ether oxygens (including phenoxy) is 2. The topological polar surface area (TPSA) is 76.7 Å². The van der Waals surface area contributed by atoms with Crippen LogP contribution in [0.5, 0.6) is 11.5 Å². The van der Waals surface area contributed by atoms with Crippen LogP contribution in [0.2, 0.25) is 5.02 Å². The predicted molar refractivity (Wildman–Crippen MR) is 94.5 cm³/mol. The summed E-state index contributed by atoms with van der Waals surface area (Å²) in [5.74, 6) is 0.436. The number of methoxy groups -OCH3 is 2. The highest BCUT2D eigenvalue weighted by Crippen LogP contribution is 2.35. The van der Waals surface area contributed by atoms with E-state index in [1.165, 1.54) is 25.6 Å². The molecule has 0 saturated heterocycles. The van der Waals surface area contributed by atoms with Crippen molar-refractivity contribution in [3.63, 3.8) is 0 Å². The minimum absolute atomic E-state index is 0.129. The van der Waals surface area contributed by atoms with E-state index in [4.69, 9.17) is 21.1 Å². The number of rotatable bonds is 7.